The van der Waals surface area contributed by atoms with Crippen molar-refractivity contribution in [2.75, 3.05) is 38.2 Å². The zero-order valence-electron chi connectivity index (χ0n) is 14.7. The van der Waals surface area contributed by atoms with Gasteiger partial charge in [-0.3, -0.25) is 0 Å². The lowest BCUT2D eigenvalue weighted by Gasteiger charge is -2.33. The van der Waals surface area contributed by atoms with Crippen LogP contribution in [0.2, 0.25) is 0 Å². The minimum absolute atomic E-state index is 0. The minimum Gasteiger partial charge on any atom is -1.00 e. The number of thioether (sulfide) groups is 2. The van der Waals surface area contributed by atoms with Crippen LogP contribution in [0.4, 0.5) is 0 Å². The standard InChI is InChI=1S/C19H25NO2S2.HI/c1-3-20(2,12-14-23-18-8-4-16(21)5-9-18)13-15-24-19-10-6-17(22)7-11-19;/h4-11H,3,12-15H2,1-2H3,(H-,21,22);1H. The minimum atomic E-state index is 0. The first-order valence-electron chi connectivity index (χ1n) is 8.18. The molecule has 2 aromatic rings. The van der Waals surface area contributed by atoms with E-state index in [9.17, 15) is 10.2 Å². The van der Waals surface area contributed by atoms with Crippen LogP contribution >= 0.6 is 23.5 Å². The van der Waals surface area contributed by atoms with E-state index in [-0.39, 0.29) is 24.0 Å². The quantitative estimate of drug-likeness (QED) is 0.317. The molecule has 0 aromatic heterocycles. The van der Waals surface area contributed by atoms with Crippen LogP contribution < -0.4 is 24.0 Å². The Bertz CT molecular complexity index is 569. The Kier molecular flexibility index (Phi) is 10.1. The number of hydrogen-bond donors (Lipinski definition) is 2. The second-order valence-corrected chi connectivity index (χ2v) is 8.40. The van der Waals surface area contributed by atoms with Crippen LogP contribution in [0.3, 0.4) is 0 Å². The molecule has 0 fully saturated rings. The smallest absolute Gasteiger partial charge is 0.115 e. The Balaban J connectivity index is 0.00000312. The predicted molar refractivity (Wildman–Crippen MR) is 104 cm³/mol. The first-order valence-corrected chi connectivity index (χ1v) is 10.1. The summed E-state index contributed by atoms with van der Waals surface area (Å²) in [6, 6.07) is 14.8. The van der Waals surface area contributed by atoms with Crippen LogP contribution in [-0.4, -0.2) is 52.9 Å². The van der Waals surface area contributed by atoms with E-state index < -0.39 is 0 Å². The van der Waals surface area contributed by atoms with Crippen molar-refractivity contribution < 1.29 is 38.7 Å². The van der Waals surface area contributed by atoms with Gasteiger partial charge in [-0.25, -0.2) is 0 Å². The van der Waals surface area contributed by atoms with Crippen molar-refractivity contribution in [2.24, 2.45) is 0 Å². The highest BCUT2D eigenvalue weighted by Crippen LogP contribution is 2.23. The summed E-state index contributed by atoms with van der Waals surface area (Å²) in [4.78, 5) is 2.41. The fourth-order valence-electron chi connectivity index (χ4n) is 2.28. The van der Waals surface area contributed by atoms with Gasteiger partial charge in [0, 0.05) is 21.3 Å². The molecule has 25 heavy (non-hydrogen) atoms. The molecule has 0 radical (unpaired) electrons. The average molecular weight is 491 g/mol. The summed E-state index contributed by atoms with van der Waals surface area (Å²) in [6.45, 7) is 5.61. The molecule has 2 N–H and O–H groups in total. The summed E-state index contributed by atoms with van der Waals surface area (Å²) < 4.78 is 1.05. The van der Waals surface area contributed by atoms with Crippen molar-refractivity contribution in [1.29, 1.82) is 0 Å². The third-order valence-corrected chi connectivity index (χ3v) is 6.22. The summed E-state index contributed by atoms with van der Waals surface area (Å²) in [6.07, 6.45) is 0. The van der Waals surface area contributed by atoms with E-state index in [0.29, 0.717) is 11.5 Å². The second-order valence-electron chi connectivity index (χ2n) is 6.07. The van der Waals surface area contributed by atoms with E-state index in [2.05, 4.69) is 14.0 Å². The molecule has 0 aliphatic carbocycles. The van der Waals surface area contributed by atoms with E-state index in [1.54, 1.807) is 24.3 Å². The molecule has 138 valence electrons. The van der Waals surface area contributed by atoms with E-state index in [1.165, 1.54) is 9.79 Å². The molecule has 0 saturated carbocycles. The van der Waals surface area contributed by atoms with Crippen molar-refractivity contribution in [1.82, 2.24) is 0 Å². The molecule has 0 saturated heterocycles. The summed E-state index contributed by atoms with van der Waals surface area (Å²) in [7, 11) is 2.31. The van der Waals surface area contributed by atoms with Gasteiger partial charge in [0.2, 0.25) is 0 Å². The summed E-state index contributed by atoms with van der Waals surface area (Å²) in [5, 5.41) is 18.7. The van der Waals surface area contributed by atoms with Gasteiger partial charge in [-0.2, -0.15) is 0 Å². The van der Waals surface area contributed by atoms with Gasteiger partial charge in [-0.05, 0) is 55.5 Å². The number of quaternary nitrogens is 1. The number of nitrogens with zero attached hydrogens (tertiary/aromatic N) is 1. The summed E-state index contributed by atoms with van der Waals surface area (Å²) in [5.74, 6) is 2.78. The number of phenols is 2. The Morgan fingerprint density at radius 3 is 1.44 bits per heavy atom. The highest BCUT2D eigenvalue weighted by atomic mass is 127. The van der Waals surface area contributed by atoms with Crippen LogP contribution in [0.25, 0.3) is 0 Å². The molecule has 0 heterocycles. The molecular weight excluding hydrogens is 465 g/mol. The lowest BCUT2D eigenvalue weighted by molar-refractivity contribution is -0.903. The topological polar surface area (TPSA) is 40.5 Å². The maximum absolute atomic E-state index is 9.33. The normalized spacial score (nSPS) is 11.1. The molecule has 0 bridgehead atoms. The fraction of sp³-hybridized carbons (Fsp3) is 0.368. The monoisotopic (exact) mass is 491 g/mol. The second kappa shape index (κ2) is 11.2. The molecule has 0 aliphatic heterocycles. The molecule has 0 amide bonds. The molecule has 3 nitrogen and oxygen atoms in total. The van der Waals surface area contributed by atoms with E-state index >= 15 is 0 Å². The zero-order valence-corrected chi connectivity index (χ0v) is 18.5. The van der Waals surface area contributed by atoms with Crippen LogP contribution in [0, 0.1) is 0 Å². The lowest BCUT2D eigenvalue weighted by Crippen LogP contribution is -3.00. The van der Waals surface area contributed by atoms with Crippen LogP contribution in [0.5, 0.6) is 11.5 Å². The number of halogens is 1. The van der Waals surface area contributed by atoms with Crippen molar-refractivity contribution in [3.8, 4) is 11.5 Å². The third-order valence-electron chi connectivity index (χ3n) is 4.24. The van der Waals surface area contributed by atoms with Crippen molar-refractivity contribution >= 4 is 23.5 Å². The third kappa shape index (κ3) is 8.11. The molecule has 0 spiro atoms. The van der Waals surface area contributed by atoms with Gasteiger partial charge < -0.3 is 38.7 Å². The predicted octanol–water partition coefficient (Wildman–Crippen LogP) is 1.45. The van der Waals surface area contributed by atoms with Gasteiger partial charge in [0.15, 0.2) is 0 Å². The largest absolute Gasteiger partial charge is 1.00 e. The Labute approximate surface area is 176 Å². The first kappa shape index (κ1) is 22.5. The van der Waals surface area contributed by atoms with Gasteiger partial charge in [0.05, 0.1) is 26.7 Å². The van der Waals surface area contributed by atoms with E-state index in [1.807, 2.05) is 47.8 Å². The zero-order chi connectivity index (χ0) is 17.4. The summed E-state index contributed by atoms with van der Waals surface area (Å²) >= 11 is 3.68. The van der Waals surface area contributed by atoms with E-state index in [0.717, 1.165) is 35.6 Å². The maximum Gasteiger partial charge on any atom is 0.115 e. The molecular formula is C19H26INO2S2. The fourth-order valence-corrected chi connectivity index (χ4v) is 4.47. The Morgan fingerprint density at radius 2 is 1.12 bits per heavy atom. The van der Waals surface area contributed by atoms with Gasteiger partial charge in [0.1, 0.15) is 11.5 Å². The number of phenolic OH excluding ortho intramolecular Hbond substituents is 2. The van der Waals surface area contributed by atoms with Crippen LogP contribution in [0.1, 0.15) is 6.92 Å². The molecule has 0 atom stereocenters. The SMILES string of the molecule is CC[N+](C)(CCSc1ccc(O)cc1)CCSc1ccc(O)cc1.[I-]. The maximum atomic E-state index is 9.33. The van der Waals surface area contributed by atoms with Crippen molar-refractivity contribution in [3.05, 3.63) is 48.5 Å². The molecule has 0 unspecified atom stereocenters. The average Bonchev–Trinajstić information content (AvgIpc) is 2.58. The van der Waals surface area contributed by atoms with Crippen LogP contribution in [0.15, 0.2) is 58.3 Å². The van der Waals surface area contributed by atoms with Crippen LogP contribution in [-0.2, 0) is 0 Å². The van der Waals surface area contributed by atoms with Crippen molar-refractivity contribution in [3.63, 3.8) is 0 Å². The van der Waals surface area contributed by atoms with Gasteiger partial charge in [-0.15, -0.1) is 23.5 Å². The highest BCUT2D eigenvalue weighted by molar-refractivity contribution is 7.99. The van der Waals surface area contributed by atoms with Gasteiger partial charge >= 0.3 is 0 Å². The molecule has 2 rings (SSSR count). The number of rotatable bonds is 9. The lowest BCUT2D eigenvalue weighted by atomic mass is 10.3. The van der Waals surface area contributed by atoms with Gasteiger partial charge in [-0.1, -0.05) is 0 Å². The van der Waals surface area contributed by atoms with Crippen molar-refractivity contribution in [2.45, 2.75) is 16.7 Å². The number of hydrogen-bond acceptors (Lipinski definition) is 4. The Hall–Kier alpha value is -0.570. The molecule has 2 aromatic carbocycles. The number of benzene rings is 2. The Morgan fingerprint density at radius 1 is 0.760 bits per heavy atom. The highest BCUT2D eigenvalue weighted by Gasteiger charge is 2.18. The van der Waals surface area contributed by atoms with E-state index in [4.69, 9.17) is 0 Å². The first-order chi connectivity index (χ1) is 11.5. The summed E-state index contributed by atoms with van der Waals surface area (Å²) in [5.41, 5.74) is 0. The van der Waals surface area contributed by atoms with Gasteiger partial charge in [0.25, 0.3) is 0 Å². The molecule has 0 aliphatic rings. The molecule has 6 heteroatoms. The number of aromatic hydroxyl groups is 2.